The lowest BCUT2D eigenvalue weighted by Gasteiger charge is -2.31. The Morgan fingerprint density at radius 1 is 1.24 bits per heavy atom. The first-order valence-electron chi connectivity index (χ1n) is 8.61. The fraction of sp³-hybridized carbons (Fsp3) is 0.632. The summed E-state index contributed by atoms with van der Waals surface area (Å²) in [6, 6.07) is 0.544. The molecule has 0 spiro atoms. The van der Waals surface area contributed by atoms with Crippen LogP contribution < -0.4 is 0 Å². The molecular formula is C19H30N2. The van der Waals surface area contributed by atoms with Gasteiger partial charge in [-0.2, -0.15) is 0 Å². The van der Waals surface area contributed by atoms with Crippen LogP contribution >= 0.6 is 0 Å². The summed E-state index contributed by atoms with van der Waals surface area (Å²) < 4.78 is 2.42. The van der Waals surface area contributed by atoms with E-state index in [1.807, 2.05) is 6.20 Å². The van der Waals surface area contributed by atoms with Crippen molar-refractivity contribution in [3.8, 4) is 0 Å². The largest absolute Gasteiger partial charge is 0.331 e. The quantitative estimate of drug-likeness (QED) is 0.570. The number of nitrogens with zero attached hydrogens (tertiary/aromatic N) is 2. The van der Waals surface area contributed by atoms with Crippen LogP contribution in [0.1, 0.15) is 77.6 Å². The molecule has 1 aliphatic carbocycles. The Morgan fingerprint density at radius 3 is 2.76 bits per heavy atom. The van der Waals surface area contributed by atoms with Gasteiger partial charge in [-0.3, -0.25) is 0 Å². The Morgan fingerprint density at radius 2 is 2.10 bits per heavy atom. The topological polar surface area (TPSA) is 17.8 Å². The second kappa shape index (κ2) is 7.63. The third-order valence-electron chi connectivity index (χ3n) is 4.84. The van der Waals surface area contributed by atoms with Crippen LogP contribution in [0.5, 0.6) is 0 Å². The monoisotopic (exact) mass is 286 g/mol. The van der Waals surface area contributed by atoms with Crippen molar-refractivity contribution < 1.29 is 0 Å². The van der Waals surface area contributed by atoms with Gasteiger partial charge in [0, 0.05) is 23.9 Å². The van der Waals surface area contributed by atoms with Crippen LogP contribution in [0.15, 0.2) is 36.7 Å². The van der Waals surface area contributed by atoms with Crippen molar-refractivity contribution in [3.63, 3.8) is 0 Å². The van der Waals surface area contributed by atoms with E-state index in [2.05, 4.69) is 55.8 Å². The minimum atomic E-state index is 0.0932. The van der Waals surface area contributed by atoms with Gasteiger partial charge in [0.05, 0.1) is 0 Å². The number of allylic oxidation sites excluding steroid dienone is 4. The fourth-order valence-corrected chi connectivity index (χ4v) is 3.31. The molecule has 2 unspecified atom stereocenters. The van der Waals surface area contributed by atoms with Crippen LogP contribution in [0.2, 0.25) is 0 Å². The molecule has 0 fully saturated rings. The number of imidazole rings is 1. The number of hydrogen-bond donors (Lipinski definition) is 0. The van der Waals surface area contributed by atoms with Gasteiger partial charge in [-0.25, -0.2) is 4.98 Å². The van der Waals surface area contributed by atoms with Crippen molar-refractivity contribution in [1.29, 1.82) is 0 Å². The predicted octanol–water partition coefficient (Wildman–Crippen LogP) is 5.58. The second-order valence-electron chi connectivity index (χ2n) is 6.36. The van der Waals surface area contributed by atoms with Crippen molar-refractivity contribution in [2.45, 2.75) is 77.2 Å². The molecule has 1 heterocycles. The molecule has 2 atom stereocenters. The zero-order valence-electron chi connectivity index (χ0n) is 13.9. The Bertz CT molecular complexity index is 484. The van der Waals surface area contributed by atoms with Gasteiger partial charge in [-0.05, 0) is 26.2 Å². The lowest BCUT2D eigenvalue weighted by atomic mass is 9.78. The first kappa shape index (κ1) is 16.1. The van der Waals surface area contributed by atoms with Crippen LogP contribution in [-0.2, 0) is 5.41 Å². The number of hydrogen-bond acceptors (Lipinski definition) is 1. The molecule has 2 rings (SSSR count). The third kappa shape index (κ3) is 3.66. The Labute approximate surface area is 130 Å². The zero-order valence-corrected chi connectivity index (χ0v) is 13.9. The Balaban J connectivity index is 2.10. The van der Waals surface area contributed by atoms with Crippen molar-refractivity contribution >= 4 is 0 Å². The highest BCUT2D eigenvalue weighted by Crippen LogP contribution is 2.36. The average molecular weight is 286 g/mol. The molecule has 1 aromatic rings. The minimum Gasteiger partial charge on any atom is -0.331 e. The molecule has 0 radical (unpaired) electrons. The SMILES string of the molecule is CCCCCCC(C)n1ccnc1C1(CC)C=CC=CC1. The van der Waals surface area contributed by atoms with Crippen LogP contribution in [0.25, 0.3) is 0 Å². The van der Waals surface area contributed by atoms with Gasteiger partial charge in [0.15, 0.2) is 0 Å². The summed E-state index contributed by atoms with van der Waals surface area (Å²) >= 11 is 0. The zero-order chi connectivity index (χ0) is 15.1. The highest BCUT2D eigenvalue weighted by molar-refractivity contribution is 5.28. The van der Waals surface area contributed by atoms with Crippen LogP contribution in [-0.4, -0.2) is 9.55 Å². The maximum absolute atomic E-state index is 4.73. The van der Waals surface area contributed by atoms with Gasteiger partial charge in [0.2, 0.25) is 0 Å². The van der Waals surface area contributed by atoms with Crippen molar-refractivity contribution in [1.82, 2.24) is 9.55 Å². The summed E-state index contributed by atoms with van der Waals surface area (Å²) in [7, 11) is 0. The highest BCUT2D eigenvalue weighted by Gasteiger charge is 2.32. The average Bonchev–Trinajstić information content (AvgIpc) is 3.02. The van der Waals surface area contributed by atoms with Gasteiger partial charge in [0.25, 0.3) is 0 Å². The molecule has 0 bridgehead atoms. The van der Waals surface area contributed by atoms with E-state index >= 15 is 0 Å². The van der Waals surface area contributed by atoms with E-state index in [0.717, 1.165) is 12.8 Å². The molecule has 0 amide bonds. The molecule has 21 heavy (non-hydrogen) atoms. The fourth-order valence-electron chi connectivity index (χ4n) is 3.31. The minimum absolute atomic E-state index is 0.0932. The van der Waals surface area contributed by atoms with E-state index in [0.29, 0.717) is 6.04 Å². The van der Waals surface area contributed by atoms with E-state index in [-0.39, 0.29) is 5.41 Å². The molecule has 116 valence electrons. The summed E-state index contributed by atoms with van der Waals surface area (Å²) in [5.41, 5.74) is 0.0932. The molecule has 2 nitrogen and oxygen atoms in total. The third-order valence-corrected chi connectivity index (χ3v) is 4.84. The van der Waals surface area contributed by atoms with Crippen LogP contribution in [0.3, 0.4) is 0 Å². The van der Waals surface area contributed by atoms with Crippen molar-refractivity contribution in [3.05, 3.63) is 42.5 Å². The maximum atomic E-state index is 4.73. The molecule has 0 aromatic carbocycles. The molecule has 1 aromatic heterocycles. The van der Waals surface area contributed by atoms with E-state index in [4.69, 9.17) is 4.98 Å². The summed E-state index contributed by atoms with van der Waals surface area (Å²) in [5.74, 6) is 1.24. The Kier molecular flexibility index (Phi) is 5.84. The lowest BCUT2D eigenvalue weighted by molar-refractivity contribution is 0.402. The number of unbranched alkanes of at least 4 members (excludes halogenated alkanes) is 3. The predicted molar refractivity (Wildman–Crippen MR) is 90.6 cm³/mol. The normalized spacial score (nSPS) is 22.6. The van der Waals surface area contributed by atoms with Gasteiger partial charge < -0.3 is 4.57 Å². The number of aromatic nitrogens is 2. The van der Waals surface area contributed by atoms with E-state index in [1.54, 1.807) is 0 Å². The maximum Gasteiger partial charge on any atom is 0.119 e. The molecule has 0 aliphatic heterocycles. The van der Waals surface area contributed by atoms with Crippen molar-refractivity contribution in [2.24, 2.45) is 0 Å². The first-order chi connectivity index (χ1) is 10.2. The number of rotatable bonds is 8. The van der Waals surface area contributed by atoms with E-state index in [1.165, 1.54) is 37.9 Å². The lowest BCUT2D eigenvalue weighted by Crippen LogP contribution is -2.28. The second-order valence-corrected chi connectivity index (χ2v) is 6.36. The van der Waals surface area contributed by atoms with Gasteiger partial charge in [-0.1, -0.05) is 63.8 Å². The van der Waals surface area contributed by atoms with Gasteiger partial charge in [-0.15, -0.1) is 0 Å². The van der Waals surface area contributed by atoms with Crippen molar-refractivity contribution in [2.75, 3.05) is 0 Å². The van der Waals surface area contributed by atoms with Gasteiger partial charge in [0.1, 0.15) is 5.82 Å². The standard InChI is InChI=1S/C19H30N2/c1-4-6-7-9-12-17(3)21-16-15-20-18(21)19(5-2)13-10-8-11-14-19/h8,10-11,13,15-17H,4-7,9,12,14H2,1-3H3. The summed E-state index contributed by atoms with van der Waals surface area (Å²) in [6.45, 7) is 6.88. The smallest absolute Gasteiger partial charge is 0.119 e. The summed E-state index contributed by atoms with van der Waals surface area (Å²) in [6.07, 6.45) is 21.8. The van der Waals surface area contributed by atoms with Crippen LogP contribution in [0, 0.1) is 0 Å². The first-order valence-corrected chi connectivity index (χ1v) is 8.61. The Hall–Kier alpha value is -1.31. The molecular weight excluding hydrogens is 256 g/mol. The molecule has 0 N–H and O–H groups in total. The molecule has 0 saturated heterocycles. The molecule has 1 aliphatic rings. The highest BCUT2D eigenvalue weighted by atomic mass is 15.1. The van der Waals surface area contributed by atoms with Crippen LogP contribution in [0.4, 0.5) is 0 Å². The van der Waals surface area contributed by atoms with Gasteiger partial charge >= 0.3 is 0 Å². The summed E-state index contributed by atoms with van der Waals surface area (Å²) in [4.78, 5) is 4.73. The van der Waals surface area contributed by atoms with E-state index < -0.39 is 0 Å². The molecule has 0 saturated carbocycles. The van der Waals surface area contributed by atoms with E-state index in [9.17, 15) is 0 Å². The summed E-state index contributed by atoms with van der Waals surface area (Å²) in [5, 5.41) is 0. The molecule has 2 heteroatoms.